The van der Waals surface area contributed by atoms with Crippen molar-refractivity contribution in [3.8, 4) is 0 Å². The fourth-order valence-electron chi connectivity index (χ4n) is 2.84. The van der Waals surface area contributed by atoms with Crippen molar-refractivity contribution in [3.05, 3.63) is 23.2 Å². The SMILES string of the molecule is CCCNCc1cc(CN2CCC(N(C)C)C2)oc1C. The van der Waals surface area contributed by atoms with Gasteiger partial charge in [-0.15, -0.1) is 0 Å². The van der Waals surface area contributed by atoms with Gasteiger partial charge in [-0.3, -0.25) is 4.90 Å². The van der Waals surface area contributed by atoms with Crippen molar-refractivity contribution in [2.45, 2.75) is 45.8 Å². The van der Waals surface area contributed by atoms with E-state index in [9.17, 15) is 0 Å². The Bertz CT molecular complexity index is 414. The lowest BCUT2D eigenvalue weighted by molar-refractivity contribution is 0.251. The van der Waals surface area contributed by atoms with E-state index in [4.69, 9.17) is 4.42 Å². The van der Waals surface area contributed by atoms with Crippen LogP contribution in [0.1, 0.15) is 36.8 Å². The topological polar surface area (TPSA) is 31.6 Å². The Hall–Kier alpha value is -0.840. The Morgan fingerprint density at radius 3 is 2.90 bits per heavy atom. The molecule has 1 aromatic heterocycles. The van der Waals surface area contributed by atoms with Gasteiger partial charge in [0.25, 0.3) is 0 Å². The summed E-state index contributed by atoms with van der Waals surface area (Å²) in [6.45, 7) is 9.51. The van der Waals surface area contributed by atoms with Gasteiger partial charge in [-0.25, -0.2) is 0 Å². The molecule has 4 nitrogen and oxygen atoms in total. The molecule has 2 heterocycles. The lowest BCUT2D eigenvalue weighted by atomic mass is 10.2. The minimum Gasteiger partial charge on any atom is -0.465 e. The second-order valence-electron chi connectivity index (χ2n) is 6.11. The highest BCUT2D eigenvalue weighted by molar-refractivity contribution is 5.20. The van der Waals surface area contributed by atoms with Crippen LogP contribution in [-0.2, 0) is 13.1 Å². The van der Waals surface area contributed by atoms with Crippen LogP contribution >= 0.6 is 0 Å². The van der Waals surface area contributed by atoms with Crippen molar-refractivity contribution in [2.75, 3.05) is 33.7 Å². The summed E-state index contributed by atoms with van der Waals surface area (Å²) in [7, 11) is 4.34. The molecule has 1 saturated heterocycles. The monoisotopic (exact) mass is 279 g/mol. The van der Waals surface area contributed by atoms with Crippen LogP contribution in [0.25, 0.3) is 0 Å². The summed E-state index contributed by atoms with van der Waals surface area (Å²) >= 11 is 0. The molecule has 1 N–H and O–H groups in total. The van der Waals surface area contributed by atoms with E-state index < -0.39 is 0 Å². The first-order chi connectivity index (χ1) is 9.60. The van der Waals surface area contributed by atoms with Gasteiger partial charge in [0.15, 0.2) is 0 Å². The summed E-state index contributed by atoms with van der Waals surface area (Å²) in [6.07, 6.45) is 2.43. The minimum absolute atomic E-state index is 0.691. The van der Waals surface area contributed by atoms with Crippen LogP contribution in [0.3, 0.4) is 0 Å². The zero-order valence-corrected chi connectivity index (χ0v) is 13.4. The maximum absolute atomic E-state index is 5.91. The van der Waals surface area contributed by atoms with E-state index in [-0.39, 0.29) is 0 Å². The predicted octanol–water partition coefficient (Wildman–Crippen LogP) is 2.22. The molecule has 1 aliphatic rings. The van der Waals surface area contributed by atoms with Crippen molar-refractivity contribution in [2.24, 2.45) is 0 Å². The zero-order valence-electron chi connectivity index (χ0n) is 13.4. The molecule has 1 fully saturated rings. The Labute approximate surface area is 123 Å². The van der Waals surface area contributed by atoms with Crippen molar-refractivity contribution in [1.29, 1.82) is 0 Å². The van der Waals surface area contributed by atoms with Gasteiger partial charge < -0.3 is 14.6 Å². The van der Waals surface area contributed by atoms with Gasteiger partial charge in [0.2, 0.25) is 0 Å². The molecule has 1 aliphatic heterocycles. The second-order valence-corrected chi connectivity index (χ2v) is 6.11. The number of hydrogen-bond donors (Lipinski definition) is 1. The quantitative estimate of drug-likeness (QED) is 0.776. The van der Waals surface area contributed by atoms with Crippen molar-refractivity contribution in [1.82, 2.24) is 15.1 Å². The van der Waals surface area contributed by atoms with Gasteiger partial charge in [0.1, 0.15) is 11.5 Å². The van der Waals surface area contributed by atoms with Gasteiger partial charge in [-0.1, -0.05) is 6.92 Å². The number of nitrogens with one attached hydrogen (secondary N) is 1. The average Bonchev–Trinajstić information content (AvgIpc) is 2.98. The standard InChI is InChI=1S/C16H29N3O/c1-5-7-17-10-14-9-16(20-13(14)2)12-19-8-6-15(11-19)18(3)4/h9,15,17H,5-8,10-12H2,1-4H3. The molecule has 0 amide bonds. The first-order valence-corrected chi connectivity index (χ1v) is 7.77. The summed E-state index contributed by atoms with van der Waals surface area (Å²) in [6, 6.07) is 2.91. The Morgan fingerprint density at radius 1 is 1.45 bits per heavy atom. The molecular weight excluding hydrogens is 250 g/mol. The molecule has 0 aromatic carbocycles. The van der Waals surface area contributed by atoms with E-state index >= 15 is 0 Å². The number of nitrogens with zero attached hydrogens (tertiary/aromatic N) is 2. The minimum atomic E-state index is 0.691. The summed E-state index contributed by atoms with van der Waals surface area (Å²) in [5.41, 5.74) is 1.30. The third-order valence-electron chi connectivity index (χ3n) is 4.17. The average molecular weight is 279 g/mol. The molecule has 2 rings (SSSR count). The molecule has 0 radical (unpaired) electrons. The Morgan fingerprint density at radius 2 is 2.25 bits per heavy atom. The second kappa shape index (κ2) is 7.25. The van der Waals surface area contributed by atoms with E-state index in [1.54, 1.807) is 0 Å². The van der Waals surface area contributed by atoms with Crippen molar-refractivity contribution in [3.63, 3.8) is 0 Å². The number of aryl methyl sites for hydroxylation is 1. The Kier molecular flexibility index (Phi) is 5.64. The molecule has 0 aliphatic carbocycles. The molecule has 20 heavy (non-hydrogen) atoms. The third kappa shape index (κ3) is 4.08. The highest BCUT2D eigenvalue weighted by Crippen LogP contribution is 2.20. The van der Waals surface area contributed by atoms with E-state index in [0.717, 1.165) is 37.7 Å². The van der Waals surface area contributed by atoms with Crippen molar-refractivity contribution < 1.29 is 4.42 Å². The molecule has 0 bridgehead atoms. The predicted molar refractivity (Wildman–Crippen MR) is 82.8 cm³/mol. The third-order valence-corrected chi connectivity index (χ3v) is 4.17. The zero-order chi connectivity index (χ0) is 14.5. The lowest BCUT2D eigenvalue weighted by Crippen LogP contribution is -2.31. The van der Waals surface area contributed by atoms with Crippen LogP contribution in [0.15, 0.2) is 10.5 Å². The number of likely N-dealkylation sites (N-methyl/N-ethyl adjacent to an activating group) is 1. The number of furan rings is 1. The summed E-state index contributed by atoms with van der Waals surface area (Å²) in [4.78, 5) is 4.82. The summed E-state index contributed by atoms with van der Waals surface area (Å²) < 4.78 is 5.91. The molecule has 1 aromatic rings. The molecule has 1 unspecified atom stereocenters. The van der Waals surface area contributed by atoms with Gasteiger partial charge in [-0.05, 0) is 46.5 Å². The normalized spacial score (nSPS) is 20.1. The van der Waals surface area contributed by atoms with E-state index in [1.165, 1.54) is 24.9 Å². The molecular formula is C16H29N3O. The largest absolute Gasteiger partial charge is 0.465 e. The van der Waals surface area contributed by atoms with Crippen LogP contribution in [0, 0.1) is 6.92 Å². The highest BCUT2D eigenvalue weighted by atomic mass is 16.3. The highest BCUT2D eigenvalue weighted by Gasteiger charge is 2.24. The Balaban J connectivity index is 1.86. The van der Waals surface area contributed by atoms with E-state index in [1.807, 2.05) is 0 Å². The van der Waals surface area contributed by atoms with E-state index in [0.29, 0.717) is 6.04 Å². The smallest absolute Gasteiger partial charge is 0.118 e. The van der Waals surface area contributed by atoms with Crippen LogP contribution in [-0.4, -0.2) is 49.6 Å². The van der Waals surface area contributed by atoms with Crippen LogP contribution in [0.2, 0.25) is 0 Å². The fourth-order valence-corrected chi connectivity index (χ4v) is 2.84. The number of likely N-dealkylation sites (tertiary alicyclic amines) is 1. The fraction of sp³-hybridized carbons (Fsp3) is 0.750. The van der Waals surface area contributed by atoms with Gasteiger partial charge in [0, 0.05) is 31.2 Å². The summed E-state index contributed by atoms with van der Waals surface area (Å²) in [5, 5.41) is 3.44. The van der Waals surface area contributed by atoms with Gasteiger partial charge >= 0.3 is 0 Å². The number of rotatable bonds is 7. The first kappa shape index (κ1) is 15.5. The maximum atomic E-state index is 5.91. The van der Waals surface area contributed by atoms with Crippen molar-refractivity contribution >= 4 is 0 Å². The molecule has 0 saturated carbocycles. The maximum Gasteiger partial charge on any atom is 0.118 e. The van der Waals surface area contributed by atoms with E-state index in [2.05, 4.69) is 49.1 Å². The summed E-state index contributed by atoms with van der Waals surface area (Å²) in [5.74, 6) is 2.17. The molecule has 1 atom stereocenters. The first-order valence-electron chi connectivity index (χ1n) is 7.77. The molecule has 0 spiro atoms. The lowest BCUT2D eigenvalue weighted by Gasteiger charge is -2.19. The molecule has 114 valence electrons. The molecule has 4 heteroatoms. The van der Waals surface area contributed by atoms with Crippen LogP contribution in [0.5, 0.6) is 0 Å². The van der Waals surface area contributed by atoms with Crippen LogP contribution in [0.4, 0.5) is 0 Å². The van der Waals surface area contributed by atoms with Gasteiger partial charge in [0.05, 0.1) is 6.54 Å². The number of hydrogen-bond acceptors (Lipinski definition) is 4. The van der Waals surface area contributed by atoms with Gasteiger partial charge in [-0.2, -0.15) is 0 Å². The van der Waals surface area contributed by atoms with Crippen LogP contribution < -0.4 is 5.32 Å².